The number of hydrogen-bond acceptors (Lipinski definition) is 1. The molecule has 0 heterocycles. The van der Waals surface area contributed by atoms with E-state index in [1.54, 1.807) is 0 Å². The topological polar surface area (TPSA) is 29.1 Å². The molecule has 0 aromatic rings. The van der Waals surface area contributed by atoms with E-state index in [0.29, 0.717) is 6.04 Å². The average Bonchev–Trinajstić information content (AvgIpc) is 2.86. The molecule has 0 aliphatic heterocycles. The summed E-state index contributed by atoms with van der Waals surface area (Å²) in [6, 6.07) is 0.395. The van der Waals surface area contributed by atoms with E-state index in [1.807, 2.05) is 6.92 Å². The molecule has 1 rings (SSSR count). The van der Waals surface area contributed by atoms with Crippen molar-refractivity contribution in [2.24, 2.45) is 11.8 Å². The summed E-state index contributed by atoms with van der Waals surface area (Å²) >= 11 is 0. The van der Waals surface area contributed by atoms with Crippen LogP contribution < -0.4 is 5.32 Å². The molecule has 2 atom stereocenters. The Labute approximate surface area is 81.1 Å². The number of rotatable bonds is 5. The van der Waals surface area contributed by atoms with E-state index in [1.165, 1.54) is 12.8 Å². The molecule has 1 aliphatic rings. The van der Waals surface area contributed by atoms with Gasteiger partial charge in [0, 0.05) is 12.0 Å². The summed E-state index contributed by atoms with van der Waals surface area (Å²) in [6.45, 7) is 6.25. The van der Waals surface area contributed by atoms with Crippen LogP contribution in [0.1, 0.15) is 46.5 Å². The zero-order chi connectivity index (χ0) is 9.84. The molecular weight excluding hydrogens is 162 g/mol. The molecule has 1 unspecified atom stereocenters. The highest BCUT2D eigenvalue weighted by atomic mass is 16.1. The van der Waals surface area contributed by atoms with E-state index in [2.05, 4.69) is 19.2 Å². The van der Waals surface area contributed by atoms with Crippen LogP contribution in [-0.2, 0) is 4.79 Å². The maximum Gasteiger partial charge on any atom is 0.223 e. The molecule has 1 aliphatic carbocycles. The van der Waals surface area contributed by atoms with Gasteiger partial charge in [-0.05, 0) is 32.1 Å². The summed E-state index contributed by atoms with van der Waals surface area (Å²) in [4.78, 5) is 11.6. The third kappa shape index (κ3) is 3.37. The maximum atomic E-state index is 11.6. The summed E-state index contributed by atoms with van der Waals surface area (Å²) in [6.07, 6.45) is 4.68. The summed E-state index contributed by atoms with van der Waals surface area (Å²) in [5.41, 5.74) is 0. The van der Waals surface area contributed by atoms with Gasteiger partial charge in [-0.15, -0.1) is 0 Å². The zero-order valence-electron chi connectivity index (χ0n) is 8.97. The highest BCUT2D eigenvalue weighted by molar-refractivity contribution is 5.78. The van der Waals surface area contributed by atoms with E-state index in [9.17, 15) is 4.79 Å². The Hall–Kier alpha value is -0.530. The fraction of sp³-hybridized carbons (Fsp3) is 0.909. The lowest BCUT2D eigenvalue weighted by Crippen LogP contribution is -2.37. The minimum atomic E-state index is 0.186. The maximum absolute atomic E-state index is 11.6. The molecule has 0 aromatic heterocycles. The quantitative estimate of drug-likeness (QED) is 0.696. The van der Waals surface area contributed by atoms with Gasteiger partial charge < -0.3 is 5.32 Å². The smallest absolute Gasteiger partial charge is 0.223 e. The second-order valence-electron chi connectivity index (χ2n) is 4.32. The van der Waals surface area contributed by atoms with Crippen LogP contribution in [0.2, 0.25) is 0 Å². The fourth-order valence-corrected chi connectivity index (χ4v) is 1.64. The summed E-state index contributed by atoms with van der Waals surface area (Å²) in [5.74, 6) is 1.19. The van der Waals surface area contributed by atoms with Crippen LogP contribution in [0.15, 0.2) is 0 Å². The third-order valence-corrected chi connectivity index (χ3v) is 2.87. The number of nitrogens with one attached hydrogen (secondary N) is 1. The lowest BCUT2D eigenvalue weighted by Gasteiger charge is -2.16. The summed E-state index contributed by atoms with van der Waals surface area (Å²) in [7, 11) is 0. The molecule has 1 amide bonds. The first kappa shape index (κ1) is 10.6. The lowest BCUT2D eigenvalue weighted by atomic mass is 10.0. The Kier molecular flexibility index (Phi) is 3.76. The van der Waals surface area contributed by atoms with Crippen molar-refractivity contribution >= 4 is 5.91 Å². The van der Waals surface area contributed by atoms with E-state index in [4.69, 9.17) is 0 Å². The first-order valence-corrected chi connectivity index (χ1v) is 5.45. The van der Waals surface area contributed by atoms with Gasteiger partial charge in [-0.3, -0.25) is 4.79 Å². The van der Waals surface area contributed by atoms with Gasteiger partial charge in [0.15, 0.2) is 0 Å². The Balaban J connectivity index is 2.22. The standard InChI is InChI=1S/C11H21NO/c1-4-5-8(2)11(13)12-9(3)10-6-7-10/h8-10H,4-7H2,1-3H3,(H,12,13)/t8?,9-/m0/s1. The number of carbonyl (C=O) groups excluding carboxylic acids is 1. The van der Waals surface area contributed by atoms with Gasteiger partial charge in [-0.25, -0.2) is 0 Å². The Bertz CT molecular complexity index is 175. The zero-order valence-corrected chi connectivity index (χ0v) is 8.97. The van der Waals surface area contributed by atoms with Gasteiger partial charge in [-0.1, -0.05) is 20.3 Å². The van der Waals surface area contributed by atoms with Gasteiger partial charge in [0.1, 0.15) is 0 Å². The first-order chi connectivity index (χ1) is 6.15. The molecule has 0 spiro atoms. The second kappa shape index (κ2) is 4.64. The van der Waals surface area contributed by atoms with Gasteiger partial charge in [-0.2, -0.15) is 0 Å². The van der Waals surface area contributed by atoms with Crippen LogP contribution in [-0.4, -0.2) is 11.9 Å². The van der Waals surface area contributed by atoms with Crippen molar-refractivity contribution in [2.75, 3.05) is 0 Å². The number of carbonyl (C=O) groups is 1. The first-order valence-electron chi connectivity index (χ1n) is 5.45. The highest BCUT2D eigenvalue weighted by Gasteiger charge is 2.29. The van der Waals surface area contributed by atoms with Crippen molar-refractivity contribution in [1.29, 1.82) is 0 Å². The lowest BCUT2D eigenvalue weighted by molar-refractivity contribution is -0.125. The van der Waals surface area contributed by atoms with Crippen LogP contribution in [0.5, 0.6) is 0 Å². The van der Waals surface area contributed by atoms with Crippen LogP contribution in [0.3, 0.4) is 0 Å². The van der Waals surface area contributed by atoms with E-state index in [0.717, 1.165) is 18.8 Å². The molecule has 1 N–H and O–H groups in total. The van der Waals surface area contributed by atoms with E-state index in [-0.39, 0.29) is 11.8 Å². The largest absolute Gasteiger partial charge is 0.353 e. The van der Waals surface area contributed by atoms with Crippen molar-refractivity contribution in [3.05, 3.63) is 0 Å². The monoisotopic (exact) mass is 183 g/mol. The molecule has 0 saturated heterocycles. The van der Waals surface area contributed by atoms with E-state index < -0.39 is 0 Å². The predicted octanol–water partition coefficient (Wildman–Crippen LogP) is 2.34. The summed E-state index contributed by atoms with van der Waals surface area (Å²) in [5, 5.41) is 3.09. The molecule has 2 heteroatoms. The van der Waals surface area contributed by atoms with Gasteiger partial charge in [0.2, 0.25) is 5.91 Å². The molecular formula is C11H21NO. The van der Waals surface area contributed by atoms with E-state index >= 15 is 0 Å². The van der Waals surface area contributed by atoms with Crippen LogP contribution in [0.4, 0.5) is 0 Å². The second-order valence-corrected chi connectivity index (χ2v) is 4.32. The van der Waals surface area contributed by atoms with Crippen molar-refractivity contribution in [2.45, 2.75) is 52.5 Å². The van der Waals surface area contributed by atoms with Crippen LogP contribution >= 0.6 is 0 Å². The molecule has 0 bridgehead atoms. The van der Waals surface area contributed by atoms with Crippen molar-refractivity contribution in [1.82, 2.24) is 5.32 Å². The highest BCUT2D eigenvalue weighted by Crippen LogP contribution is 2.32. The number of amides is 1. The molecule has 2 nitrogen and oxygen atoms in total. The molecule has 1 saturated carbocycles. The Morgan fingerprint density at radius 3 is 2.54 bits per heavy atom. The molecule has 13 heavy (non-hydrogen) atoms. The molecule has 76 valence electrons. The summed E-state index contributed by atoms with van der Waals surface area (Å²) < 4.78 is 0. The average molecular weight is 183 g/mol. The Morgan fingerprint density at radius 1 is 1.46 bits per heavy atom. The van der Waals surface area contributed by atoms with Crippen molar-refractivity contribution in [3.63, 3.8) is 0 Å². The van der Waals surface area contributed by atoms with Crippen LogP contribution in [0.25, 0.3) is 0 Å². The SMILES string of the molecule is CCCC(C)C(=O)N[C@@H](C)C1CC1. The minimum Gasteiger partial charge on any atom is -0.353 e. The molecule has 0 aromatic carbocycles. The van der Waals surface area contributed by atoms with Crippen LogP contribution in [0, 0.1) is 11.8 Å². The number of hydrogen-bond donors (Lipinski definition) is 1. The predicted molar refractivity (Wildman–Crippen MR) is 54.4 cm³/mol. The third-order valence-electron chi connectivity index (χ3n) is 2.87. The van der Waals surface area contributed by atoms with Crippen molar-refractivity contribution in [3.8, 4) is 0 Å². The van der Waals surface area contributed by atoms with Gasteiger partial charge in [0.05, 0.1) is 0 Å². The minimum absolute atomic E-state index is 0.186. The Morgan fingerprint density at radius 2 is 2.08 bits per heavy atom. The van der Waals surface area contributed by atoms with Gasteiger partial charge in [0.25, 0.3) is 0 Å². The molecule has 1 fully saturated rings. The normalized spacial score (nSPS) is 20.8. The fourth-order valence-electron chi connectivity index (χ4n) is 1.64. The molecule has 0 radical (unpaired) electrons. The van der Waals surface area contributed by atoms with Crippen molar-refractivity contribution < 1.29 is 4.79 Å². The van der Waals surface area contributed by atoms with Gasteiger partial charge >= 0.3 is 0 Å².